The molecule has 1 saturated heterocycles. The van der Waals surface area contributed by atoms with E-state index in [-0.39, 0.29) is 5.91 Å². The van der Waals surface area contributed by atoms with Gasteiger partial charge in [-0.3, -0.25) is 4.79 Å². The minimum absolute atomic E-state index is 0.0723. The van der Waals surface area contributed by atoms with Crippen LogP contribution >= 0.6 is 0 Å². The Bertz CT molecular complexity index is 437. The molecule has 2 rings (SSSR count). The molecule has 1 aromatic carbocycles. The van der Waals surface area contributed by atoms with Gasteiger partial charge in [0.2, 0.25) is 5.91 Å². The number of halogens is 2. The Morgan fingerprint density at radius 1 is 1.35 bits per heavy atom. The van der Waals surface area contributed by atoms with Gasteiger partial charge in [0.05, 0.1) is 0 Å². The average molecular weight is 240 g/mol. The van der Waals surface area contributed by atoms with Gasteiger partial charge in [-0.15, -0.1) is 0 Å². The predicted molar refractivity (Wildman–Crippen MR) is 59.1 cm³/mol. The Hall–Kier alpha value is -1.49. The number of likely N-dealkylation sites (tertiary alicyclic amines) is 1. The van der Waals surface area contributed by atoms with Crippen molar-refractivity contribution in [1.82, 2.24) is 4.90 Å². The van der Waals surface area contributed by atoms with E-state index in [0.717, 1.165) is 18.6 Å². The largest absolute Gasteiger partial charge is 0.341 e. The Labute approximate surface area is 98.2 Å². The van der Waals surface area contributed by atoms with Crippen molar-refractivity contribution in [2.45, 2.75) is 18.9 Å². The van der Waals surface area contributed by atoms with E-state index >= 15 is 0 Å². The molecule has 1 atom stereocenters. The zero-order valence-electron chi connectivity index (χ0n) is 9.33. The number of hydrogen-bond donors (Lipinski definition) is 1. The Morgan fingerprint density at radius 2 is 2.12 bits per heavy atom. The highest BCUT2D eigenvalue weighted by molar-refractivity contribution is 5.78. The van der Waals surface area contributed by atoms with Crippen molar-refractivity contribution < 1.29 is 13.6 Å². The summed E-state index contributed by atoms with van der Waals surface area (Å²) in [6, 6.07) is 3.10. The highest BCUT2D eigenvalue weighted by Gasteiger charge is 2.22. The Kier molecular flexibility index (Phi) is 3.38. The first-order chi connectivity index (χ1) is 8.08. The molecule has 1 aliphatic rings. The van der Waals surface area contributed by atoms with E-state index < -0.39 is 17.7 Å². The molecule has 92 valence electrons. The number of nitrogens with two attached hydrogens (primary N) is 1. The second-order valence-corrected chi connectivity index (χ2v) is 4.22. The summed E-state index contributed by atoms with van der Waals surface area (Å²) in [5, 5.41) is 0. The van der Waals surface area contributed by atoms with E-state index in [4.69, 9.17) is 5.73 Å². The molecule has 17 heavy (non-hydrogen) atoms. The molecule has 0 aliphatic carbocycles. The van der Waals surface area contributed by atoms with Gasteiger partial charge in [-0.2, -0.15) is 0 Å². The van der Waals surface area contributed by atoms with Crippen molar-refractivity contribution in [3.8, 4) is 0 Å². The molecule has 1 heterocycles. The van der Waals surface area contributed by atoms with E-state index in [2.05, 4.69) is 0 Å². The van der Waals surface area contributed by atoms with Crippen LogP contribution in [-0.4, -0.2) is 23.9 Å². The number of nitrogens with zero attached hydrogens (tertiary/aromatic N) is 1. The predicted octanol–water partition coefficient (Wildman–Crippen LogP) is 1.59. The van der Waals surface area contributed by atoms with Gasteiger partial charge in [-0.05, 0) is 24.1 Å². The number of rotatable bonds is 3. The van der Waals surface area contributed by atoms with Crippen LogP contribution in [0.25, 0.3) is 0 Å². The Balaban J connectivity index is 2.06. The van der Waals surface area contributed by atoms with Crippen LogP contribution in [-0.2, 0) is 4.79 Å². The molecular formula is C12H14F2N2O. The third-order valence-corrected chi connectivity index (χ3v) is 2.96. The minimum Gasteiger partial charge on any atom is -0.341 e. The van der Waals surface area contributed by atoms with E-state index in [1.807, 2.05) is 0 Å². The van der Waals surface area contributed by atoms with Crippen LogP contribution < -0.4 is 5.73 Å². The summed E-state index contributed by atoms with van der Waals surface area (Å²) in [5.41, 5.74) is 6.38. The van der Waals surface area contributed by atoms with Gasteiger partial charge in [-0.25, -0.2) is 8.78 Å². The van der Waals surface area contributed by atoms with Gasteiger partial charge in [-0.1, -0.05) is 6.07 Å². The fraction of sp³-hybridized carbons (Fsp3) is 0.417. The average Bonchev–Trinajstić information content (AvgIpc) is 2.68. The van der Waals surface area contributed by atoms with Gasteiger partial charge in [0.25, 0.3) is 0 Å². The lowest BCUT2D eigenvalue weighted by atomic mass is 10.1. The zero-order valence-corrected chi connectivity index (χ0v) is 9.33. The van der Waals surface area contributed by atoms with Crippen molar-refractivity contribution in [2.75, 3.05) is 13.1 Å². The summed E-state index contributed by atoms with van der Waals surface area (Å²) in [5.74, 6) is -1.73. The summed E-state index contributed by atoms with van der Waals surface area (Å²) in [4.78, 5) is 13.1. The third-order valence-electron chi connectivity index (χ3n) is 2.96. The first kappa shape index (κ1) is 12.0. The van der Waals surface area contributed by atoms with Crippen LogP contribution in [0.1, 0.15) is 24.4 Å². The van der Waals surface area contributed by atoms with Crippen molar-refractivity contribution in [2.24, 2.45) is 5.73 Å². The van der Waals surface area contributed by atoms with Crippen LogP contribution in [0, 0.1) is 11.6 Å². The molecule has 1 aromatic rings. The molecule has 1 fully saturated rings. The van der Waals surface area contributed by atoms with E-state index in [1.54, 1.807) is 4.90 Å². The maximum Gasteiger partial charge on any atom is 0.222 e. The highest BCUT2D eigenvalue weighted by atomic mass is 19.2. The first-order valence-corrected chi connectivity index (χ1v) is 5.56. The van der Waals surface area contributed by atoms with Gasteiger partial charge in [0.15, 0.2) is 11.6 Å². The molecule has 0 saturated carbocycles. The number of carbonyl (C=O) groups is 1. The lowest BCUT2D eigenvalue weighted by Gasteiger charge is -2.21. The van der Waals surface area contributed by atoms with Crippen LogP contribution in [0.3, 0.4) is 0 Å². The topological polar surface area (TPSA) is 46.3 Å². The Morgan fingerprint density at radius 3 is 2.71 bits per heavy atom. The fourth-order valence-electron chi connectivity index (χ4n) is 1.98. The van der Waals surface area contributed by atoms with Crippen LogP contribution in [0.4, 0.5) is 8.78 Å². The van der Waals surface area contributed by atoms with Crippen molar-refractivity contribution in [3.05, 3.63) is 35.4 Å². The number of hydrogen-bond acceptors (Lipinski definition) is 2. The molecule has 1 amide bonds. The summed E-state index contributed by atoms with van der Waals surface area (Å²) >= 11 is 0. The molecule has 5 heteroatoms. The van der Waals surface area contributed by atoms with E-state index in [0.29, 0.717) is 25.1 Å². The lowest BCUT2D eigenvalue weighted by molar-refractivity contribution is -0.127. The molecule has 0 bridgehead atoms. The molecule has 1 unspecified atom stereocenters. The number of carbonyl (C=O) groups excluding carboxylic acids is 1. The SMILES string of the molecule is NC(CN1CCCC1=O)c1ccc(F)c(F)c1. The number of amides is 1. The van der Waals surface area contributed by atoms with E-state index in [1.165, 1.54) is 6.07 Å². The maximum atomic E-state index is 13.0. The van der Waals surface area contributed by atoms with E-state index in [9.17, 15) is 13.6 Å². The van der Waals surface area contributed by atoms with Gasteiger partial charge in [0, 0.05) is 25.6 Å². The second-order valence-electron chi connectivity index (χ2n) is 4.22. The smallest absolute Gasteiger partial charge is 0.222 e. The summed E-state index contributed by atoms with van der Waals surface area (Å²) in [7, 11) is 0. The van der Waals surface area contributed by atoms with Crippen LogP contribution in [0.15, 0.2) is 18.2 Å². The second kappa shape index (κ2) is 4.79. The molecule has 3 nitrogen and oxygen atoms in total. The molecule has 1 aliphatic heterocycles. The summed E-state index contributed by atoms with van der Waals surface area (Å²) < 4.78 is 25.8. The van der Waals surface area contributed by atoms with Crippen LogP contribution in [0.5, 0.6) is 0 Å². The molecule has 0 aromatic heterocycles. The minimum atomic E-state index is -0.911. The normalized spacial score (nSPS) is 17.6. The van der Waals surface area contributed by atoms with Gasteiger partial charge >= 0.3 is 0 Å². The summed E-state index contributed by atoms with van der Waals surface area (Å²) in [6.07, 6.45) is 1.38. The standard InChI is InChI=1S/C12H14F2N2O/c13-9-4-3-8(6-10(9)14)11(15)7-16-5-1-2-12(16)17/h3-4,6,11H,1-2,5,7,15H2. The molecule has 0 radical (unpaired) electrons. The van der Waals surface area contributed by atoms with Gasteiger partial charge in [0.1, 0.15) is 0 Å². The third kappa shape index (κ3) is 2.61. The highest BCUT2D eigenvalue weighted by Crippen LogP contribution is 2.18. The number of benzene rings is 1. The molecule has 2 N–H and O–H groups in total. The van der Waals surface area contributed by atoms with Gasteiger partial charge < -0.3 is 10.6 Å². The first-order valence-electron chi connectivity index (χ1n) is 5.56. The zero-order chi connectivity index (χ0) is 12.4. The van der Waals surface area contributed by atoms with Crippen LogP contribution in [0.2, 0.25) is 0 Å². The quantitative estimate of drug-likeness (QED) is 0.872. The summed E-state index contributed by atoms with van der Waals surface area (Å²) in [6.45, 7) is 1.04. The molecular weight excluding hydrogens is 226 g/mol. The molecule has 0 spiro atoms. The van der Waals surface area contributed by atoms with Crippen molar-refractivity contribution in [3.63, 3.8) is 0 Å². The van der Waals surface area contributed by atoms with Crippen molar-refractivity contribution >= 4 is 5.91 Å². The monoisotopic (exact) mass is 240 g/mol. The maximum absolute atomic E-state index is 13.0. The lowest BCUT2D eigenvalue weighted by Crippen LogP contribution is -2.33. The van der Waals surface area contributed by atoms with Crippen molar-refractivity contribution in [1.29, 1.82) is 0 Å². The fourth-order valence-corrected chi connectivity index (χ4v) is 1.98.